The van der Waals surface area contributed by atoms with Gasteiger partial charge in [0, 0.05) is 6.42 Å². The molecule has 0 unspecified atom stereocenters. The van der Waals surface area contributed by atoms with Gasteiger partial charge in [-0.3, -0.25) is 4.79 Å². The third-order valence-electron chi connectivity index (χ3n) is 5.02. The van der Waals surface area contributed by atoms with Crippen LogP contribution in [0.3, 0.4) is 0 Å². The van der Waals surface area contributed by atoms with E-state index in [9.17, 15) is 4.79 Å². The fourth-order valence-corrected chi connectivity index (χ4v) is 3.01. The molecule has 0 N–H and O–H groups in total. The molecule has 0 aromatic carbocycles. The molecule has 0 aliphatic carbocycles. The molecule has 0 saturated heterocycles. The predicted octanol–water partition coefficient (Wildman–Crippen LogP) is 3.14. The lowest BCUT2D eigenvalue weighted by Crippen LogP contribution is -3.00. The number of quaternary nitrogens is 1. The third-order valence-corrected chi connectivity index (χ3v) is 5.02. The summed E-state index contributed by atoms with van der Waals surface area (Å²) in [7, 11) is 4.28. The molecule has 0 aliphatic heterocycles. The Balaban J connectivity index is 0. The minimum atomic E-state index is 0. The maximum atomic E-state index is 11.9. The first-order valence-electron chi connectivity index (χ1n) is 10.4. The summed E-state index contributed by atoms with van der Waals surface area (Å²) in [6, 6.07) is 0. The van der Waals surface area contributed by atoms with Crippen LogP contribution in [0.15, 0.2) is 0 Å². The zero-order valence-electron chi connectivity index (χ0n) is 17.0. The maximum absolute atomic E-state index is 11.9. The zero-order valence-corrected chi connectivity index (χ0v) is 17.8. The van der Waals surface area contributed by atoms with E-state index < -0.39 is 0 Å². The van der Waals surface area contributed by atoms with Gasteiger partial charge in [-0.1, -0.05) is 84.0 Å². The molecule has 0 bridgehead atoms. The highest BCUT2D eigenvalue weighted by molar-refractivity contribution is 5.79. The van der Waals surface area contributed by atoms with Gasteiger partial charge in [0.25, 0.3) is 0 Å². The van der Waals surface area contributed by atoms with E-state index in [1.165, 1.54) is 77.0 Å². The van der Waals surface area contributed by atoms with Gasteiger partial charge >= 0.3 is 0 Å². The van der Waals surface area contributed by atoms with Crippen LogP contribution in [0.4, 0.5) is 0 Å². The number of rotatable bonds is 17. The summed E-state index contributed by atoms with van der Waals surface area (Å²) in [5, 5.41) is 0. The van der Waals surface area contributed by atoms with Gasteiger partial charge in [0.15, 0.2) is 5.78 Å². The van der Waals surface area contributed by atoms with Crippen molar-refractivity contribution in [2.24, 2.45) is 0 Å². The van der Waals surface area contributed by atoms with Crippen LogP contribution in [-0.4, -0.2) is 37.5 Å². The van der Waals surface area contributed by atoms with E-state index in [-0.39, 0.29) is 12.4 Å². The lowest BCUT2D eigenvalue weighted by molar-refractivity contribution is -0.880. The van der Waals surface area contributed by atoms with E-state index in [4.69, 9.17) is 0 Å². The zero-order chi connectivity index (χ0) is 17.4. The van der Waals surface area contributed by atoms with E-state index in [0.29, 0.717) is 12.3 Å². The smallest absolute Gasteiger partial charge is 0.186 e. The van der Waals surface area contributed by atoms with Crippen molar-refractivity contribution >= 4 is 5.78 Å². The van der Waals surface area contributed by atoms with Gasteiger partial charge in [0.2, 0.25) is 0 Å². The SMILES string of the molecule is CCCCCCCCCCCCCCCC(=O)C[N+](C)(C)CC.[Cl-]. The Hall–Kier alpha value is -0.0800. The van der Waals surface area contributed by atoms with Gasteiger partial charge < -0.3 is 16.9 Å². The Morgan fingerprint density at radius 3 is 1.42 bits per heavy atom. The third kappa shape index (κ3) is 18.3. The molecule has 146 valence electrons. The van der Waals surface area contributed by atoms with Gasteiger partial charge in [-0.25, -0.2) is 0 Å². The van der Waals surface area contributed by atoms with Crippen molar-refractivity contribution in [2.75, 3.05) is 27.2 Å². The quantitative estimate of drug-likeness (QED) is 0.287. The highest BCUT2D eigenvalue weighted by atomic mass is 35.5. The van der Waals surface area contributed by atoms with Crippen LogP contribution in [-0.2, 0) is 4.79 Å². The lowest BCUT2D eigenvalue weighted by Gasteiger charge is -2.27. The number of carbonyl (C=O) groups is 1. The van der Waals surface area contributed by atoms with E-state index in [1.54, 1.807) is 0 Å². The number of likely N-dealkylation sites (N-methyl/N-ethyl adjacent to an activating group) is 1. The molecule has 0 radical (unpaired) electrons. The average molecular weight is 362 g/mol. The van der Waals surface area contributed by atoms with E-state index >= 15 is 0 Å². The van der Waals surface area contributed by atoms with Crippen molar-refractivity contribution in [2.45, 2.75) is 104 Å². The van der Waals surface area contributed by atoms with Gasteiger partial charge in [-0.2, -0.15) is 0 Å². The molecule has 0 fully saturated rings. The maximum Gasteiger partial charge on any atom is 0.186 e. The van der Waals surface area contributed by atoms with Crippen molar-refractivity contribution in [1.29, 1.82) is 0 Å². The molecule has 2 nitrogen and oxygen atoms in total. The molecule has 0 aromatic heterocycles. The summed E-state index contributed by atoms with van der Waals surface area (Å²) in [5.41, 5.74) is 0. The number of hydrogen-bond donors (Lipinski definition) is 0. The van der Waals surface area contributed by atoms with Gasteiger partial charge in [-0.05, 0) is 13.3 Å². The van der Waals surface area contributed by atoms with Gasteiger partial charge in [0.1, 0.15) is 6.54 Å². The minimum absolute atomic E-state index is 0. The second-order valence-corrected chi connectivity index (χ2v) is 7.94. The Bertz CT molecular complexity index is 279. The van der Waals surface area contributed by atoms with Crippen molar-refractivity contribution < 1.29 is 21.7 Å². The second kappa shape index (κ2) is 17.7. The van der Waals surface area contributed by atoms with Crippen LogP contribution in [0.1, 0.15) is 104 Å². The fraction of sp³-hybridized carbons (Fsp3) is 0.952. The van der Waals surface area contributed by atoms with Crippen LogP contribution in [0.25, 0.3) is 0 Å². The number of unbranched alkanes of at least 4 members (excludes halogenated alkanes) is 12. The summed E-state index contributed by atoms with van der Waals surface area (Å²) < 4.78 is 0.831. The second-order valence-electron chi connectivity index (χ2n) is 7.94. The largest absolute Gasteiger partial charge is 1.00 e. The highest BCUT2D eigenvalue weighted by Crippen LogP contribution is 2.13. The van der Waals surface area contributed by atoms with E-state index in [1.807, 2.05) is 0 Å². The number of carbonyl (C=O) groups excluding carboxylic acids is 1. The van der Waals surface area contributed by atoms with Crippen LogP contribution < -0.4 is 12.4 Å². The van der Waals surface area contributed by atoms with Crippen molar-refractivity contribution in [1.82, 2.24) is 0 Å². The van der Waals surface area contributed by atoms with Crippen LogP contribution in [0.5, 0.6) is 0 Å². The topological polar surface area (TPSA) is 17.1 Å². The molecular formula is C21H44ClNO. The van der Waals surface area contributed by atoms with Crippen molar-refractivity contribution in [3.8, 4) is 0 Å². The summed E-state index contributed by atoms with van der Waals surface area (Å²) in [6.07, 6.45) is 18.5. The molecular weight excluding hydrogens is 318 g/mol. The van der Waals surface area contributed by atoms with Crippen molar-refractivity contribution in [3.05, 3.63) is 0 Å². The highest BCUT2D eigenvalue weighted by Gasteiger charge is 2.16. The standard InChI is InChI=1S/C21H44NO.ClH/c1-5-7-8-9-10-11-12-13-14-15-16-17-18-19-21(23)20-22(3,4)6-2;/h5-20H2,1-4H3;1H/q+1;/p-1. The molecule has 0 atom stereocenters. The molecule has 0 rings (SSSR count). The average Bonchev–Trinajstić information content (AvgIpc) is 2.51. The van der Waals surface area contributed by atoms with Crippen LogP contribution >= 0.6 is 0 Å². The molecule has 0 spiro atoms. The van der Waals surface area contributed by atoms with Crippen molar-refractivity contribution in [3.63, 3.8) is 0 Å². The summed E-state index contributed by atoms with van der Waals surface area (Å²) in [4.78, 5) is 11.9. The van der Waals surface area contributed by atoms with Crippen LogP contribution in [0.2, 0.25) is 0 Å². The lowest BCUT2D eigenvalue weighted by atomic mass is 10.0. The number of ketones is 1. The Kier molecular flexibility index (Phi) is 19.3. The Morgan fingerprint density at radius 2 is 1.04 bits per heavy atom. The normalized spacial score (nSPS) is 11.3. The first-order valence-corrected chi connectivity index (χ1v) is 10.4. The van der Waals surface area contributed by atoms with Gasteiger partial charge in [0.05, 0.1) is 20.6 Å². The summed E-state index contributed by atoms with van der Waals surface area (Å²) in [6.45, 7) is 6.17. The first kappa shape index (κ1) is 26.2. The fourth-order valence-electron chi connectivity index (χ4n) is 3.01. The molecule has 3 heteroatoms. The number of Topliss-reactive ketones (excluding diaryl/α,β-unsaturated/α-hetero) is 1. The molecule has 0 aliphatic rings. The van der Waals surface area contributed by atoms with E-state index in [0.717, 1.165) is 23.9 Å². The first-order chi connectivity index (χ1) is 11.0. The molecule has 0 saturated carbocycles. The Labute approximate surface area is 158 Å². The predicted molar refractivity (Wildman–Crippen MR) is 103 cm³/mol. The van der Waals surface area contributed by atoms with Crippen LogP contribution in [0, 0.1) is 0 Å². The summed E-state index contributed by atoms with van der Waals surface area (Å²) in [5.74, 6) is 0.444. The number of halogens is 1. The summed E-state index contributed by atoms with van der Waals surface area (Å²) >= 11 is 0. The number of nitrogens with zero attached hydrogens (tertiary/aromatic N) is 1. The molecule has 24 heavy (non-hydrogen) atoms. The minimum Gasteiger partial charge on any atom is -1.00 e. The molecule has 0 heterocycles. The Morgan fingerprint density at radius 1 is 0.667 bits per heavy atom. The van der Waals surface area contributed by atoms with E-state index in [2.05, 4.69) is 27.9 Å². The molecule has 0 aromatic rings. The molecule has 0 amide bonds. The number of hydrogen-bond acceptors (Lipinski definition) is 1. The van der Waals surface area contributed by atoms with Gasteiger partial charge in [-0.15, -0.1) is 0 Å². The monoisotopic (exact) mass is 361 g/mol.